The Hall–Kier alpha value is -2.35. The van der Waals surface area contributed by atoms with E-state index in [1.165, 1.54) is 21.8 Å². The molecule has 1 N–H and O–H groups in total. The first kappa shape index (κ1) is 16.5. The number of amides is 1. The predicted octanol–water partition coefficient (Wildman–Crippen LogP) is 2.24. The van der Waals surface area contributed by atoms with Gasteiger partial charge in [-0.15, -0.1) is 0 Å². The molecule has 1 aromatic carbocycles. The van der Waals surface area contributed by atoms with Gasteiger partial charge in [0.05, 0.1) is 17.7 Å². The number of hydrogen-bond acceptors (Lipinski definition) is 3. The third-order valence-corrected chi connectivity index (χ3v) is 4.05. The Labute approximate surface area is 136 Å². The van der Waals surface area contributed by atoms with Gasteiger partial charge < -0.3 is 10.0 Å². The van der Waals surface area contributed by atoms with E-state index in [0.29, 0.717) is 5.56 Å². The van der Waals surface area contributed by atoms with E-state index in [2.05, 4.69) is 5.10 Å². The molecule has 2 unspecified atom stereocenters. The summed E-state index contributed by atoms with van der Waals surface area (Å²) < 4.78 is 40.1. The normalized spacial score (nSPS) is 21.2. The molecule has 5 nitrogen and oxygen atoms in total. The Morgan fingerprint density at radius 3 is 2.79 bits per heavy atom. The predicted molar refractivity (Wildman–Crippen MR) is 78.7 cm³/mol. The summed E-state index contributed by atoms with van der Waals surface area (Å²) >= 11 is 0. The van der Waals surface area contributed by atoms with Gasteiger partial charge in [0.1, 0.15) is 6.54 Å². The second-order valence-electron chi connectivity index (χ2n) is 5.78. The molecule has 128 valence electrons. The number of likely N-dealkylation sites (tertiary alicyclic amines) is 1. The number of benzene rings is 1. The summed E-state index contributed by atoms with van der Waals surface area (Å²) in [5.74, 6) is -0.294. The zero-order valence-electron chi connectivity index (χ0n) is 12.6. The number of halogens is 3. The van der Waals surface area contributed by atoms with Crippen LogP contribution in [-0.4, -0.2) is 38.3 Å². The molecular formula is C16H16F3N3O2. The number of rotatable bonds is 3. The first-order chi connectivity index (χ1) is 11.3. The van der Waals surface area contributed by atoms with Crippen molar-refractivity contribution in [2.24, 2.45) is 0 Å². The van der Waals surface area contributed by atoms with Gasteiger partial charge in [0.2, 0.25) is 5.91 Å². The van der Waals surface area contributed by atoms with Crippen LogP contribution in [0.4, 0.5) is 13.2 Å². The van der Waals surface area contributed by atoms with Gasteiger partial charge in [0.25, 0.3) is 0 Å². The summed E-state index contributed by atoms with van der Waals surface area (Å²) in [5.41, 5.74) is -0.393. The van der Waals surface area contributed by atoms with E-state index < -0.39 is 23.9 Å². The van der Waals surface area contributed by atoms with Crippen LogP contribution >= 0.6 is 0 Å². The molecule has 1 aliphatic heterocycles. The van der Waals surface area contributed by atoms with E-state index in [1.807, 2.05) is 0 Å². The van der Waals surface area contributed by atoms with E-state index in [4.69, 9.17) is 0 Å². The van der Waals surface area contributed by atoms with Crippen molar-refractivity contribution in [1.82, 2.24) is 14.7 Å². The zero-order chi connectivity index (χ0) is 17.3. The van der Waals surface area contributed by atoms with Crippen LogP contribution in [0.3, 0.4) is 0 Å². The molecule has 0 bridgehead atoms. The quantitative estimate of drug-likeness (QED) is 0.933. The van der Waals surface area contributed by atoms with Crippen LogP contribution in [0, 0.1) is 0 Å². The number of hydrogen-bond donors (Lipinski definition) is 1. The Balaban J connectivity index is 1.84. The van der Waals surface area contributed by atoms with Gasteiger partial charge in [-0.1, -0.05) is 12.1 Å². The number of β-amino-alcohol motifs (C(OH)–C–C–N with tert-alkyl or cyclic N) is 1. The van der Waals surface area contributed by atoms with E-state index in [1.54, 1.807) is 18.3 Å². The van der Waals surface area contributed by atoms with Gasteiger partial charge in [0, 0.05) is 18.9 Å². The fourth-order valence-electron chi connectivity index (χ4n) is 2.95. The lowest BCUT2D eigenvalue weighted by atomic mass is 10.0. The molecule has 0 aliphatic carbocycles. The first-order valence-corrected chi connectivity index (χ1v) is 7.46. The van der Waals surface area contributed by atoms with Crippen LogP contribution in [0.25, 0.3) is 0 Å². The van der Waals surface area contributed by atoms with Crippen molar-refractivity contribution in [3.63, 3.8) is 0 Å². The minimum absolute atomic E-state index is 0.0187. The summed E-state index contributed by atoms with van der Waals surface area (Å²) in [6.07, 6.45) is -1.82. The highest BCUT2D eigenvalue weighted by molar-refractivity contribution is 5.77. The number of carbonyl (C=O) groups is 1. The van der Waals surface area contributed by atoms with Gasteiger partial charge in [-0.25, -0.2) is 0 Å². The lowest BCUT2D eigenvalue weighted by molar-refractivity contribution is -0.137. The van der Waals surface area contributed by atoms with Crippen LogP contribution in [0.15, 0.2) is 42.7 Å². The highest BCUT2D eigenvalue weighted by atomic mass is 19.4. The van der Waals surface area contributed by atoms with Gasteiger partial charge in [0.15, 0.2) is 0 Å². The maximum absolute atomic E-state index is 12.9. The first-order valence-electron chi connectivity index (χ1n) is 7.46. The Bertz CT molecular complexity index is 716. The van der Waals surface area contributed by atoms with Crippen molar-refractivity contribution in [3.8, 4) is 0 Å². The summed E-state index contributed by atoms with van der Waals surface area (Å²) in [7, 11) is 0. The number of nitrogens with zero attached hydrogens (tertiary/aromatic N) is 3. The number of carbonyl (C=O) groups excluding carboxylic acids is 1. The van der Waals surface area contributed by atoms with E-state index in [0.717, 1.165) is 12.1 Å². The molecule has 24 heavy (non-hydrogen) atoms. The molecule has 8 heteroatoms. The topological polar surface area (TPSA) is 58.4 Å². The molecule has 2 atom stereocenters. The Kier molecular flexibility index (Phi) is 4.31. The molecule has 2 heterocycles. The molecule has 3 rings (SSSR count). The summed E-state index contributed by atoms with van der Waals surface area (Å²) in [5, 5.41) is 13.8. The van der Waals surface area contributed by atoms with Crippen LogP contribution < -0.4 is 0 Å². The fraction of sp³-hybridized carbons (Fsp3) is 0.375. The monoisotopic (exact) mass is 339 g/mol. The van der Waals surface area contributed by atoms with Gasteiger partial charge in [-0.05, 0) is 30.2 Å². The van der Waals surface area contributed by atoms with Crippen LogP contribution in [0.5, 0.6) is 0 Å². The van der Waals surface area contributed by atoms with Crippen molar-refractivity contribution in [3.05, 3.63) is 53.9 Å². The molecule has 0 radical (unpaired) electrons. The smallest absolute Gasteiger partial charge is 0.391 e. The summed E-state index contributed by atoms with van der Waals surface area (Å²) in [6.45, 7) is 0.0796. The van der Waals surface area contributed by atoms with E-state index in [-0.39, 0.29) is 25.4 Å². The largest absolute Gasteiger partial charge is 0.416 e. The lowest BCUT2D eigenvalue weighted by Gasteiger charge is -2.25. The van der Waals surface area contributed by atoms with Gasteiger partial charge in [-0.2, -0.15) is 18.3 Å². The average molecular weight is 339 g/mol. The van der Waals surface area contributed by atoms with Crippen molar-refractivity contribution >= 4 is 5.91 Å². The van der Waals surface area contributed by atoms with Gasteiger partial charge in [-0.3, -0.25) is 9.48 Å². The van der Waals surface area contributed by atoms with Crippen molar-refractivity contribution in [2.75, 3.05) is 6.54 Å². The highest BCUT2D eigenvalue weighted by Crippen LogP contribution is 2.36. The van der Waals surface area contributed by atoms with Gasteiger partial charge >= 0.3 is 6.18 Å². The Morgan fingerprint density at radius 1 is 1.33 bits per heavy atom. The average Bonchev–Trinajstić information content (AvgIpc) is 3.16. The highest BCUT2D eigenvalue weighted by Gasteiger charge is 2.37. The summed E-state index contributed by atoms with van der Waals surface area (Å²) in [4.78, 5) is 13.9. The lowest BCUT2D eigenvalue weighted by Crippen LogP contribution is -2.34. The van der Waals surface area contributed by atoms with Crippen molar-refractivity contribution < 1.29 is 23.1 Å². The number of aliphatic hydroxyl groups is 1. The minimum Gasteiger partial charge on any atom is -0.391 e. The van der Waals surface area contributed by atoms with Crippen LogP contribution in [0.2, 0.25) is 0 Å². The third-order valence-electron chi connectivity index (χ3n) is 4.05. The molecule has 1 aromatic heterocycles. The van der Waals surface area contributed by atoms with Crippen LogP contribution in [-0.2, 0) is 17.5 Å². The number of aliphatic hydroxyl groups excluding tert-OH is 1. The number of aromatic nitrogens is 2. The standard InChI is InChI=1S/C16H16F3N3O2/c17-16(18,19)12-4-1-3-11(7-12)14-8-13(23)9-22(14)15(24)10-21-6-2-5-20-21/h1-7,13-14,23H,8-10H2. The third kappa shape index (κ3) is 3.43. The SMILES string of the molecule is O=C(Cn1cccn1)N1CC(O)CC1c1cccc(C(F)(F)F)c1. The Morgan fingerprint density at radius 2 is 2.12 bits per heavy atom. The molecule has 1 saturated heterocycles. The van der Waals surface area contributed by atoms with E-state index in [9.17, 15) is 23.1 Å². The fourth-order valence-corrected chi connectivity index (χ4v) is 2.95. The molecule has 1 amide bonds. The van der Waals surface area contributed by atoms with Crippen LogP contribution in [0.1, 0.15) is 23.6 Å². The maximum atomic E-state index is 12.9. The molecule has 1 aliphatic rings. The zero-order valence-corrected chi connectivity index (χ0v) is 12.6. The molecular weight excluding hydrogens is 323 g/mol. The molecule has 2 aromatic rings. The molecule has 1 fully saturated rings. The van der Waals surface area contributed by atoms with E-state index >= 15 is 0 Å². The van der Waals surface area contributed by atoms with Crippen molar-refractivity contribution in [1.29, 1.82) is 0 Å². The molecule has 0 saturated carbocycles. The number of alkyl halides is 3. The summed E-state index contributed by atoms with van der Waals surface area (Å²) in [6, 6.07) is 5.99. The maximum Gasteiger partial charge on any atom is 0.416 e. The second kappa shape index (κ2) is 6.27. The van der Waals surface area contributed by atoms with Crippen molar-refractivity contribution in [2.45, 2.75) is 31.3 Å². The minimum atomic E-state index is -4.45. The second-order valence-corrected chi connectivity index (χ2v) is 5.78. The molecule has 0 spiro atoms.